The predicted molar refractivity (Wildman–Crippen MR) is 82.3 cm³/mol. The largest absolute Gasteiger partial charge is 0.478 e. The average molecular weight is 291 g/mol. The Morgan fingerprint density at radius 3 is 2.67 bits per heavy atom. The highest BCUT2D eigenvalue weighted by atomic mass is 16.4. The van der Waals surface area contributed by atoms with Crippen molar-refractivity contribution >= 4 is 5.97 Å². The number of aromatic carboxylic acids is 1. The molecule has 0 aliphatic heterocycles. The molecule has 1 aromatic carbocycles. The molecule has 1 aliphatic rings. The van der Waals surface area contributed by atoms with Gasteiger partial charge in [0, 0.05) is 12.1 Å². The summed E-state index contributed by atoms with van der Waals surface area (Å²) in [6, 6.07) is 6.96. The SMILES string of the molecule is CC(CO)(NCc1cccc(C(=O)O)c1)C1CCCCC1. The van der Waals surface area contributed by atoms with Crippen LogP contribution in [0.3, 0.4) is 0 Å². The van der Waals surface area contributed by atoms with Crippen LogP contribution >= 0.6 is 0 Å². The van der Waals surface area contributed by atoms with Gasteiger partial charge in [0.25, 0.3) is 0 Å². The molecule has 0 spiro atoms. The van der Waals surface area contributed by atoms with E-state index in [-0.39, 0.29) is 12.1 Å². The molecule has 0 heterocycles. The third kappa shape index (κ3) is 4.05. The lowest BCUT2D eigenvalue weighted by Crippen LogP contribution is -2.52. The number of aliphatic hydroxyl groups excluding tert-OH is 1. The van der Waals surface area contributed by atoms with Gasteiger partial charge in [0.1, 0.15) is 0 Å². The van der Waals surface area contributed by atoms with Crippen LogP contribution in [0.25, 0.3) is 0 Å². The van der Waals surface area contributed by atoms with Crippen LogP contribution in [-0.2, 0) is 6.54 Å². The standard InChI is InChI=1S/C17H25NO3/c1-17(12-19,15-8-3-2-4-9-15)18-11-13-6-5-7-14(10-13)16(20)21/h5-7,10,15,18-19H,2-4,8-9,11-12H2,1H3,(H,20,21). The van der Waals surface area contributed by atoms with Gasteiger partial charge in [0.15, 0.2) is 0 Å². The second-order valence-electron chi connectivity index (χ2n) is 6.27. The number of carboxylic acids is 1. The van der Waals surface area contributed by atoms with Crippen LogP contribution in [0.4, 0.5) is 0 Å². The van der Waals surface area contributed by atoms with E-state index < -0.39 is 5.97 Å². The van der Waals surface area contributed by atoms with Gasteiger partial charge in [0.05, 0.1) is 12.2 Å². The number of hydrogen-bond acceptors (Lipinski definition) is 3. The van der Waals surface area contributed by atoms with Crippen molar-refractivity contribution in [3.05, 3.63) is 35.4 Å². The van der Waals surface area contributed by atoms with Gasteiger partial charge < -0.3 is 15.5 Å². The summed E-state index contributed by atoms with van der Waals surface area (Å²) in [4.78, 5) is 11.0. The molecule has 1 atom stereocenters. The van der Waals surface area contributed by atoms with Gasteiger partial charge in [-0.3, -0.25) is 0 Å². The maximum atomic E-state index is 11.0. The minimum absolute atomic E-state index is 0.107. The summed E-state index contributed by atoms with van der Waals surface area (Å²) in [5.41, 5.74) is 0.947. The summed E-state index contributed by atoms with van der Waals surface area (Å²) in [6.07, 6.45) is 6.06. The van der Waals surface area contributed by atoms with Crippen LogP contribution in [0.2, 0.25) is 0 Å². The third-order valence-electron chi connectivity index (χ3n) is 4.70. The molecule has 4 heteroatoms. The van der Waals surface area contributed by atoms with Crippen LogP contribution in [0, 0.1) is 5.92 Å². The number of rotatable bonds is 6. The van der Waals surface area contributed by atoms with Crippen LogP contribution in [0.1, 0.15) is 54.9 Å². The van der Waals surface area contributed by atoms with Crippen molar-refractivity contribution in [2.75, 3.05) is 6.61 Å². The zero-order valence-corrected chi connectivity index (χ0v) is 12.6. The highest BCUT2D eigenvalue weighted by Crippen LogP contribution is 2.32. The fourth-order valence-electron chi connectivity index (χ4n) is 3.19. The first-order valence-electron chi connectivity index (χ1n) is 7.73. The molecule has 1 aromatic rings. The zero-order valence-electron chi connectivity index (χ0n) is 12.6. The van der Waals surface area contributed by atoms with Crippen molar-refractivity contribution in [1.29, 1.82) is 0 Å². The zero-order chi connectivity index (χ0) is 15.3. The summed E-state index contributed by atoms with van der Waals surface area (Å²) in [5.74, 6) is -0.423. The lowest BCUT2D eigenvalue weighted by molar-refractivity contribution is 0.0696. The molecule has 0 radical (unpaired) electrons. The topological polar surface area (TPSA) is 69.6 Å². The first-order valence-corrected chi connectivity index (χ1v) is 7.73. The van der Waals surface area contributed by atoms with E-state index in [1.807, 2.05) is 6.07 Å². The molecule has 0 amide bonds. The van der Waals surface area contributed by atoms with Crippen molar-refractivity contribution in [3.63, 3.8) is 0 Å². The first kappa shape index (κ1) is 16.0. The van der Waals surface area contributed by atoms with E-state index in [4.69, 9.17) is 5.11 Å². The summed E-state index contributed by atoms with van der Waals surface area (Å²) >= 11 is 0. The summed E-state index contributed by atoms with van der Waals surface area (Å²) < 4.78 is 0. The van der Waals surface area contributed by atoms with E-state index in [2.05, 4.69) is 12.2 Å². The van der Waals surface area contributed by atoms with Gasteiger partial charge in [-0.25, -0.2) is 4.79 Å². The summed E-state index contributed by atoms with van der Waals surface area (Å²) in [6.45, 7) is 2.76. The van der Waals surface area contributed by atoms with Crippen molar-refractivity contribution in [3.8, 4) is 0 Å². The highest BCUT2D eigenvalue weighted by molar-refractivity contribution is 5.87. The van der Waals surface area contributed by atoms with Gasteiger partial charge in [-0.2, -0.15) is 0 Å². The molecule has 3 N–H and O–H groups in total. The van der Waals surface area contributed by atoms with Gasteiger partial charge >= 0.3 is 5.97 Å². The Bertz CT molecular complexity index is 483. The Hall–Kier alpha value is -1.39. The molecule has 116 valence electrons. The maximum absolute atomic E-state index is 11.0. The molecule has 4 nitrogen and oxygen atoms in total. The van der Waals surface area contributed by atoms with Crippen LogP contribution in [-0.4, -0.2) is 28.3 Å². The average Bonchev–Trinajstić information content (AvgIpc) is 2.53. The molecular weight excluding hydrogens is 266 g/mol. The van der Waals surface area contributed by atoms with Crippen LogP contribution in [0.15, 0.2) is 24.3 Å². The summed E-state index contributed by atoms with van der Waals surface area (Å²) in [7, 11) is 0. The van der Waals surface area contributed by atoms with Crippen molar-refractivity contribution < 1.29 is 15.0 Å². The first-order chi connectivity index (χ1) is 10.0. The van der Waals surface area contributed by atoms with Crippen molar-refractivity contribution in [2.45, 2.75) is 51.1 Å². The van der Waals surface area contributed by atoms with E-state index in [1.54, 1.807) is 18.2 Å². The number of carboxylic acid groups (broad SMARTS) is 1. The third-order valence-corrected chi connectivity index (χ3v) is 4.70. The Morgan fingerprint density at radius 1 is 1.33 bits per heavy atom. The molecule has 0 bridgehead atoms. The Kier molecular flexibility index (Phi) is 5.37. The van der Waals surface area contributed by atoms with E-state index in [9.17, 15) is 9.90 Å². The van der Waals surface area contributed by atoms with Crippen LogP contribution < -0.4 is 5.32 Å². The summed E-state index contributed by atoms with van der Waals surface area (Å²) in [5, 5.41) is 22.3. The number of hydrogen-bond donors (Lipinski definition) is 3. The van der Waals surface area contributed by atoms with Crippen LogP contribution in [0.5, 0.6) is 0 Å². The van der Waals surface area contributed by atoms with E-state index in [0.717, 1.165) is 18.4 Å². The fourth-order valence-corrected chi connectivity index (χ4v) is 3.19. The second kappa shape index (κ2) is 7.05. The molecule has 0 saturated heterocycles. The van der Waals surface area contributed by atoms with E-state index in [1.165, 1.54) is 19.3 Å². The Morgan fingerprint density at radius 2 is 2.05 bits per heavy atom. The van der Waals surface area contributed by atoms with Gasteiger partial charge in [0.2, 0.25) is 0 Å². The van der Waals surface area contributed by atoms with Crippen molar-refractivity contribution in [2.24, 2.45) is 5.92 Å². The lowest BCUT2D eigenvalue weighted by atomic mass is 9.76. The number of aliphatic hydroxyl groups is 1. The van der Waals surface area contributed by atoms with Gasteiger partial charge in [-0.15, -0.1) is 0 Å². The predicted octanol–water partition coefficient (Wildman–Crippen LogP) is 2.81. The minimum Gasteiger partial charge on any atom is -0.478 e. The molecule has 1 saturated carbocycles. The van der Waals surface area contributed by atoms with E-state index >= 15 is 0 Å². The minimum atomic E-state index is -0.908. The smallest absolute Gasteiger partial charge is 0.335 e. The molecular formula is C17H25NO3. The quantitative estimate of drug-likeness (QED) is 0.754. The van der Waals surface area contributed by atoms with Gasteiger partial charge in [-0.1, -0.05) is 31.4 Å². The molecule has 1 aliphatic carbocycles. The Balaban J connectivity index is 2.02. The highest BCUT2D eigenvalue weighted by Gasteiger charge is 2.33. The number of benzene rings is 1. The van der Waals surface area contributed by atoms with Crippen molar-refractivity contribution in [1.82, 2.24) is 5.32 Å². The monoisotopic (exact) mass is 291 g/mol. The lowest BCUT2D eigenvalue weighted by Gasteiger charge is -2.39. The number of carbonyl (C=O) groups is 1. The maximum Gasteiger partial charge on any atom is 0.335 e. The molecule has 0 aromatic heterocycles. The normalized spacial score (nSPS) is 19.1. The fraction of sp³-hybridized carbons (Fsp3) is 0.588. The second-order valence-corrected chi connectivity index (χ2v) is 6.27. The molecule has 1 unspecified atom stereocenters. The van der Waals surface area contributed by atoms with Gasteiger partial charge in [-0.05, 0) is 43.4 Å². The van der Waals surface area contributed by atoms with E-state index in [0.29, 0.717) is 18.0 Å². The molecule has 2 rings (SSSR count). The molecule has 1 fully saturated rings. The Labute approximate surface area is 126 Å². The number of nitrogens with one attached hydrogen (secondary N) is 1. The molecule has 21 heavy (non-hydrogen) atoms.